The van der Waals surface area contributed by atoms with Crippen molar-refractivity contribution in [3.05, 3.63) is 0 Å². The Morgan fingerprint density at radius 2 is 2.55 bits per heavy atom. The Kier molecular flexibility index (Phi) is 2.30. The molecule has 1 aliphatic rings. The maximum atomic E-state index is 10.4. The van der Waals surface area contributed by atoms with E-state index in [1.54, 1.807) is 0 Å². The first-order valence-corrected chi connectivity index (χ1v) is 3.33. The highest BCUT2D eigenvalue weighted by molar-refractivity contribution is 5.70. The van der Waals surface area contributed by atoms with Crippen molar-refractivity contribution in [3.8, 4) is 0 Å². The quantitative estimate of drug-likeness (QED) is 0.605. The smallest absolute Gasteiger partial charge is 0.407 e. The van der Waals surface area contributed by atoms with Gasteiger partial charge in [-0.2, -0.15) is 0 Å². The number of amides is 1. The Balaban J connectivity index is 2.18. The molecule has 0 spiro atoms. The lowest BCUT2D eigenvalue weighted by molar-refractivity contribution is -0.137. The van der Waals surface area contributed by atoms with Crippen molar-refractivity contribution in [1.82, 2.24) is 5.32 Å². The van der Waals surface area contributed by atoms with E-state index in [2.05, 4.69) is 10.1 Å². The number of carbonyl (C=O) groups is 2. The molecule has 0 aromatic carbocycles. The molecule has 1 rings (SSSR count). The summed E-state index contributed by atoms with van der Waals surface area (Å²) < 4.78 is 4.55. The third kappa shape index (κ3) is 2.45. The van der Waals surface area contributed by atoms with Crippen LogP contribution in [0.15, 0.2) is 0 Å². The maximum Gasteiger partial charge on any atom is 0.407 e. The normalized spacial score (nSPS) is 22.5. The van der Waals surface area contributed by atoms with E-state index in [1.165, 1.54) is 0 Å². The van der Waals surface area contributed by atoms with Crippen molar-refractivity contribution in [2.75, 3.05) is 6.61 Å². The Bertz CT molecular complexity index is 179. The molecule has 0 bridgehead atoms. The van der Waals surface area contributed by atoms with E-state index < -0.39 is 12.1 Å². The van der Waals surface area contributed by atoms with Gasteiger partial charge in [0.25, 0.3) is 0 Å². The van der Waals surface area contributed by atoms with Crippen LogP contribution in [0.4, 0.5) is 4.79 Å². The Hall–Kier alpha value is -1.26. The summed E-state index contributed by atoms with van der Waals surface area (Å²) >= 11 is 0. The van der Waals surface area contributed by atoms with Gasteiger partial charge in [0.05, 0.1) is 6.04 Å². The molecule has 0 unspecified atom stereocenters. The summed E-state index contributed by atoms with van der Waals surface area (Å²) in [6, 6.07) is -0.126. The van der Waals surface area contributed by atoms with Gasteiger partial charge in [-0.15, -0.1) is 0 Å². The number of hydrogen-bond acceptors (Lipinski definition) is 3. The minimum absolute atomic E-state index is 0.0638. The summed E-state index contributed by atoms with van der Waals surface area (Å²) in [6.07, 6.45) is 0.0374. The number of carboxylic acids is 1. The standard InChI is InChI=1S/C6H9NO4/c8-5(9)2-1-4-3-11-6(10)7-4/h4H,1-3H2,(H,7,10)(H,8,9)/t4-/m0/s1. The summed E-state index contributed by atoms with van der Waals surface area (Å²) in [4.78, 5) is 20.5. The molecule has 11 heavy (non-hydrogen) atoms. The third-order valence-corrected chi connectivity index (χ3v) is 1.44. The molecule has 5 heteroatoms. The van der Waals surface area contributed by atoms with Gasteiger partial charge in [-0.1, -0.05) is 0 Å². The van der Waals surface area contributed by atoms with Crippen molar-refractivity contribution >= 4 is 12.1 Å². The van der Waals surface area contributed by atoms with Crippen molar-refractivity contribution in [2.24, 2.45) is 0 Å². The van der Waals surface area contributed by atoms with Crippen LogP contribution in [-0.4, -0.2) is 29.8 Å². The van der Waals surface area contributed by atoms with Gasteiger partial charge in [-0.05, 0) is 6.42 Å². The van der Waals surface area contributed by atoms with E-state index >= 15 is 0 Å². The lowest BCUT2D eigenvalue weighted by Crippen LogP contribution is -2.26. The molecule has 0 aromatic heterocycles. The SMILES string of the molecule is O=C(O)CC[C@H]1COC(=O)N1. The number of nitrogens with one attached hydrogen (secondary N) is 1. The number of cyclic esters (lactones) is 1. The second-order valence-corrected chi connectivity index (χ2v) is 2.37. The van der Waals surface area contributed by atoms with Crippen LogP contribution >= 0.6 is 0 Å². The van der Waals surface area contributed by atoms with Crippen LogP contribution in [0.3, 0.4) is 0 Å². The first kappa shape index (κ1) is 7.84. The van der Waals surface area contributed by atoms with E-state index in [4.69, 9.17) is 5.11 Å². The Labute approximate surface area is 63.3 Å². The molecule has 2 N–H and O–H groups in total. The molecule has 1 aliphatic heterocycles. The maximum absolute atomic E-state index is 10.4. The number of hydrogen-bond donors (Lipinski definition) is 2. The molecule has 0 saturated carbocycles. The lowest BCUT2D eigenvalue weighted by atomic mass is 10.2. The molecular formula is C6H9NO4. The van der Waals surface area contributed by atoms with Gasteiger partial charge in [0.2, 0.25) is 0 Å². The van der Waals surface area contributed by atoms with Crippen molar-refractivity contribution in [3.63, 3.8) is 0 Å². The topological polar surface area (TPSA) is 75.6 Å². The molecule has 1 heterocycles. The molecule has 1 atom stereocenters. The number of ether oxygens (including phenoxy) is 1. The predicted octanol–water partition coefficient (Wildman–Crippen LogP) is -0.0404. The molecule has 0 aromatic rings. The summed E-state index contributed by atoms with van der Waals surface area (Å²) in [5.74, 6) is -0.855. The van der Waals surface area contributed by atoms with Gasteiger partial charge in [-0.3, -0.25) is 4.79 Å². The molecule has 0 aliphatic carbocycles. The van der Waals surface area contributed by atoms with E-state index in [0.29, 0.717) is 6.42 Å². The third-order valence-electron chi connectivity index (χ3n) is 1.44. The highest BCUT2D eigenvalue weighted by Gasteiger charge is 2.22. The second kappa shape index (κ2) is 3.23. The summed E-state index contributed by atoms with van der Waals surface area (Å²) in [6.45, 7) is 0.284. The van der Waals surface area contributed by atoms with Gasteiger partial charge in [0, 0.05) is 6.42 Å². The van der Waals surface area contributed by atoms with Crippen LogP contribution in [0.5, 0.6) is 0 Å². The molecule has 0 radical (unpaired) electrons. The summed E-state index contributed by atoms with van der Waals surface area (Å²) in [5.41, 5.74) is 0. The van der Waals surface area contributed by atoms with Gasteiger partial charge >= 0.3 is 12.1 Å². The zero-order valence-corrected chi connectivity index (χ0v) is 5.87. The Morgan fingerprint density at radius 3 is 3.00 bits per heavy atom. The van der Waals surface area contributed by atoms with E-state index in [0.717, 1.165) is 0 Å². The molecule has 1 amide bonds. The van der Waals surface area contributed by atoms with Crippen LogP contribution in [0, 0.1) is 0 Å². The van der Waals surface area contributed by atoms with Gasteiger partial charge in [0.15, 0.2) is 0 Å². The fourth-order valence-electron chi connectivity index (χ4n) is 0.879. The van der Waals surface area contributed by atoms with Crippen LogP contribution in [-0.2, 0) is 9.53 Å². The van der Waals surface area contributed by atoms with Crippen LogP contribution < -0.4 is 5.32 Å². The Morgan fingerprint density at radius 1 is 1.82 bits per heavy atom. The fraction of sp³-hybridized carbons (Fsp3) is 0.667. The van der Waals surface area contributed by atoms with Crippen LogP contribution in [0.25, 0.3) is 0 Å². The first-order chi connectivity index (χ1) is 5.18. The monoisotopic (exact) mass is 159 g/mol. The number of alkyl carbamates (subject to hydrolysis) is 1. The minimum Gasteiger partial charge on any atom is -0.481 e. The molecule has 5 nitrogen and oxygen atoms in total. The lowest BCUT2D eigenvalue weighted by Gasteiger charge is -2.02. The minimum atomic E-state index is -0.855. The average molecular weight is 159 g/mol. The zero-order valence-electron chi connectivity index (χ0n) is 5.87. The molecular weight excluding hydrogens is 150 g/mol. The number of aliphatic carboxylic acids is 1. The number of rotatable bonds is 3. The van der Waals surface area contributed by atoms with Crippen molar-refractivity contribution in [1.29, 1.82) is 0 Å². The van der Waals surface area contributed by atoms with Gasteiger partial charge in [-0.25, -0.2) is 4.79 Å². The average Bonchev–Trinajstić information content (AvgIpc) is 2.31. The van der Waals surface area contributed by atoms with Crippen molar-refractivity contribution in [2.45, 2.75) is 18.9 Å². The highest BCUT2D eigenvalue weighted by Crippen LogP contribution is 2.04. The summed E-state index contributed by atoms with van der Waals surface area (Å²) in [7, 11) is 0. The molecule has 1 saturated heterocycles. The van der Waals surface area contributed by atoms with E-state index in [1.807, 2.05) is 0 Å². The van der Waals surface area contributed by atoms with Crippen LogP contribution in [0.1, 0.15) is 12.8 Å². The zero-order chi connectivity index (χ0) is 8.27. The van der Waals surface area contributed by atoms with Crippen molar-refractivity contribution < 1.29 is 19.4 Å². The van der Waals surface area contributed by atoms with E-state index in [-0.39, 0.29) is 19.1 Å². The van der Waals surface area contributed by atoms with Gasteiger partial charge < -0.3 is 15.2 Å². The summed E-state index contributed by atoms with van der Waals surface area (Å²) in [5, 5.41) is 10.8. The number of carboxylic acid groups (broad SMARTS) is 1. The fourth-order valence-corrected chi connectivity index (χ4v) is 0.879. The molecule has 62 valence electrons. The van der Waals surface area contributed by atoms with Crippen LogP contribution in [0.2, 0.25) is 0 Å². The first-order valence-electron chi connectivity index (χ1n) is 3.33. The second-order valence-electron chi connectivity index (χ2n) is 2.37. The van der Waals surface area contributed by atoms with E-state index in [9.17, 15) is 9.59 Å². The van der Waals surface area contributed by atoms with Gasteiger partial charge in [0.1, 0.15) is 6.61 Å². The largest absolute Gasteiger partial charge is 0.481 e. The molecule has 1 fully saturated rings. The highest BCUT2D eigenvalue weighted by atomic mass is 16.6. The number of carbonyl (C=O) groups excluding carboxylic acids is 1. The predicted molar refractivity (Wildman–Crippen MR) is 35.1 cm³/mol.